The Morgan fingerprint density at radius 3 is 2.52 bits per heavy atom. The average Bonchev–Trinajstić information content (AvgIpc) is 3.05. The number of nitrogens with one attached hydrogen (secondary N) is 2. The van der Waals surface area contributed by atoms with Crippen molar-refractivity contribution in [3.05, 3.63) is 65.5 Å². The Morgan fingerprint density at radius 1 is 1.07 bits per heavy atom. The second-order valence-electron chi connectivity index (χ2n) is 6.34. The number of carbonyl (C=O) groups excluding carboxylic acids is 2. The van der Waals surface area contributed by atoms with E-state index in [4.69, 9.17) is 0 Å². The van der Waals surface area contributed by atoms with E-state index in [2.05, 4.69) is 15.6 Å². The number of rotatable bonds is 6. The predicted molar refractivity (Wildman–Crippen MR) is 102 cm³/mol. The fourth-order valence-electron chi connectivity index (χ4n) is 2.87. The first-order chi connectivity index (χ1) is 13.8. The third kappa shape index (κ3) is 4.39. The Kier molecular flexibility index (Phi) is 5.86. The maximum atomic E-state index is 13.2. The number of hydrogen-bond donors (Lipinski definition) is 2. The van der Waals surface area contributed by atoms with E-state index in [1.165, 1.54) is 16.5 Å². The van der Waals surface area contributed by atoms with Crippen molar-refractivity contribution in [3.8, 4) is 0 Å². The minimum Gasteiger partial charge on any atom is -0.351 e. The summed E-state index contributed by atoms with van der Waals surface area (Å²) in [6.07, 6.45) is -1.45. The highest BCUT2D eigenvalue weighted by Gasteiger charge is 2.35. The molecular weight excluding hydrogens is 385 g/mol. The summed E-state index contributed by atoms with van der Waals surface area (Å²) in [5.74, 6) is -1.58. The van der Waals surface area contributed by atoms with E-state index in [0.29, 0.717) is 12.2 Å². The van der Waals surface area contributed by atoms with Crippen molar-refractivity contribution < 1.29 is 22.8 Å². The van der Waals surface area contributed by atoms with E-state index in [1.54, 1.807) is 24.4 Å². The second kappa shape index (κ2) is 8.34. The van der Waals surface area contributed by atoms with Crippen LogP contribution in [0.3, 0.4) is 0 Å². The van der Waals surface area contributed by atoms with Crippen LogP contribution in [0.5, 0.6) is 0 Å². The lowest BCUT2D eigenvalue weighted by molar-refractivity contribution is -0.137. The lowest BCUT2D eigenvalue weighted by Crippen LogP contribution is -2.27. The maximum Gasteiger partial charge on any atom is 0.417 e. The van der Waals surface area contributed by atoms with Crippen LogP contribution in [0, 0.1) is 0 Å². The van der Waals surface area contributed by atoms with Gasteiger partial charge in [0.1, 0.15) is 5.65 Å². The van der Waals surface area contributed by atoms with Crippen LogP contribution in [0.1, 0.15) is 46.2 Å². The van der Waals surface area contributed by atoms with E-state index in [1.807, 2.05) is 6.92 Å². The van der Waals surface area contributed by atoms with Crippen LogP contribution >= 0.6 is 0 Å². The van der Waals surface area contributed by atoms with Crippen molar-refractivity contribution in [2.45, 2.75) is 25.9 Å². The Hall–Kier alpha value is -3.36. The highest BCUT2D eigenvalue weighted by molar-refractivity contribution is 6.09. The van der Waals surface area contributed by atoms with Crippen molar-refractivity contribution in [2.24, 2.45) is 0 Å². The smallest absolute Gasteiger partial charge is 0.351 e. The monoisotopic (exact) mass is 404 g/mol. The molecule has 0 fully saturated rings. The third-order valence-electron chi connectivity index (χ3n) is 4.27. The van der Waals surface area contributed by atoms with Crippen LogP contribution in [-0.4, -0.2) is 27.7 Å². The number of aromatic nitrogens is 2. The molecule has 6 nitrogen and oxygen atoms in total. The number of pyridine rings is 1. The fraction of sp³-hybridized carbons (Fsp3) is 0.250. The van der Waals surface area contributed by atoms with Gasteiger partial charge in [0.25, 0.3) is 11.8 Å². The van der Waals surface area contributed by atoms with Gasteiger partial charge >= 0.3 is 6.18 Å². The highest BCUT2D eigenvalue weighted by Crippen LogP contribution is 2.32. The highest BCUT2D eigenvalue weighted by atomic mass is 19.4. The molecule has 0 atom stereocenters. The van der Waals surface area contributed by atoms with E-state index in [0.717, 1.165) is 25.0 Å². The molecule has 0 aliphatic heterocycles. The van der Waals surface area contributed by atoms with Gasteiger partial charge in [0.15, 0.2) is 11.5 Å². The average molecular weight is 404 g/mol. The molecule has 29 heavy (non-hydrogen) atoms. The number of imidazole rings is 1. The summed E-state index contributed by atoms with van der Waals surface area (Å²) < 4.78 is 41.2. The van der Waals surface area contributed by atoms with Gasteiger partial charge in [0.2, 0.25) is 0 Å². The second-order valence-corrected chi connectivity index (χ2v) is 6.34. The number of alkyl halides is 3. The molecule has 0 saturated carbocycles. The Balaban J connectivity index is 1.97. The minimum atomic E-state index is -4.69. The molecule has 2 N–H and O–H groups in total. The number of unbranched alkanes of at least 4 members (excludes halogenated alkanes) is 1. The van der Waals surface area contributed by atoms with E-state index < -0.39 is 29.1 Å². The third-order valence-corrected chi connectivity index (χ3v) is 4.27. The predicted octanol–water partition coefficient (Wildman–Crippen LogP) is 4.14. The van der Waals surface area contributed by atoms with Gasteiger partial charge in [0.05, 0.1) is 11.1 Å². The summed E-state index contributed by atoms with van der Waals surface area (Å²) >= 11 is 0. The number of hydrogen-bond acceptors (Lipinski definition) is 3. The van der Waals surface area contributed by atoms with Crippen molar-refractivity contribution in [1.82, 2.24) is 14.7 Å². The molecule has 0 saturated heterocycles. The van der Waals surface area contributed by atoms with E-state index in [-0.39, 0.29) is 11.5 Å². The van der Waals surface area contributed by atoms with Crippen molar-refractivity contribution in [2.75, 3.05) is 11.9 Å². The summed E-state index contributed by atoms with van der Waals surface area (Å²) in [6, 6.07) is 9.46. The van der Waals surface area contributed by atoms with E-state index >= 15 is 0 Å². The van der Waals surface area contributed by atoms with Gasteiger partial charge < -0.3 is 10.6 Å². The molecule has 0 bridgehead atoms. The molecule has 2 amide bonds. The number of fused-ring (bicyclic) bond motifs is 1. The fourth-order valence-corrected chi connectivity index (χ4v) is 2.87. The molecule has 3 aromatic rings. The van der Waals surface area contributed by atoms with Gasteiger partial charge in [-0.25, -0.2) is 4.98 Å². The Bertz CT molecular complexity index is 1040. The zero-order chi connectivity index (χ0) is 21.0. The van der Waals surface area contributed by atoms with Crippen LogP contribution in [-0.2, 0) is 6.18 Å². The molecule has 2 heterocycles. The number of carbonyl (C=O) groups is 2. The largest absolute Gasteiger partial charge is 0.417 e. The number of amides is 2. The quantitative estimate of drug-likeness (QED) is 0.607. The first-order valence-electron chi connectivity index (χ1n) is 9.05. The van der Waals surface area contributed by atoms with Gasteiger partial charge in [0, 0.05) is 12.7 Å². The van der Waals surface area contributed by atoms with Crippen LogP contribution in [0.2, 0.25) is 0 Å². The zero-order valence-corrected chi connectivity index (χ0v) is 15.6. The summed E-state index contributed by atoms with van der Waals surface area (Å²) in [6.45, 7) is 2.41. The number of benzene rings is 1. The first kappa shape index (κ1) is 20.4. The summed E-state index contributed by atoms with van der Waals surface area (Å²) in [5, 5.41) is 5.10. The van der Waals surface area contributed by atoms with Crippen LogP contribution in [0.25, 0.3) is 5.65 Å². The van der Waals surface area contributed by atoms with Gasteiger partial charge in [-0.05, 0) is 30.7 Å². The van der Waals surface area contributed by atoms with E-state index in [9.17, 15) is 22.8 Å². The summed E-state index contributed by atoms with van der Waals surface area (Å²) in [7, 11) is 0. The van der Waals surface area contributed by atoms with Crippen molar-refractivity contribution >= 4 is 23.3 Å². The number of anilines is 1. The number of halogens is 3. The summed E-state index contributed by atoms with van der Waals surface area (Å²) in [4.78, 5) is 29.5. The maximum absolute atomic E-state index is 13.2. The van der Waals surface area contributed by atoms with Gasteiger partial charge in [-0.1, -0.05) is 31.5 Å². The summed E-state index contributed by atoms with van der Waals surface area (Å²) in [5.41, 5.74) is -1.17. The molecule has 0 aliphatic rings. The van der Waals surface area contributed by atoms with Crippen molar-refractivity contribution in [3.63, 3.8) is 0 Å². The van der Waals surface area contributed by atoms with Crippen molar-refractivity contribution in [1.29, 1.82) is 0 Å². The molecule has 0 radical (unpaired) electrons. The standard InChI is InChI=1S/C20H19F3N4O2/c1-2-3-11-24-19(29)16-17(25-15-10-6-7-12-27(15)16)26-18(28)13-8-4-5-9-14(13)20(21,22)23/h4-10,12H,2-3,11H2,1H3,(H,24,29)(H,26,28). The SMILES string of the molecule is CCCCNC(=O)c1c(NC(=O)c2ccccc2C(F)(F)F)nc2ccccn12. The molecule has 152 valence electrons. The molecule has 3 rings (SSSR count). The Labute approximate surface area is 164 Å². The normalized spacial score (nSPS) is 11.4. The van der Waals surface area contributed by atoms with Gasteiger partial charge in [-0.15, -0.1) is 0 Å². The zero-order valence-electron chi connectivity index (χ0n) is 15.6. The van der Waals surface area contributed by atoms with Crippen LogP contribution in [0.15, 0.2) is 48.7 Å². The molecular formula is C20H19F3N4O2. The lowest BCUT2D eigenvalue weighted by atomic mass is 10.1. The Morgan fingerprint density at radius 2 is 1.79 bits per heavy atom. The topological polar surface area (TPSA) is 75.5 Å². The number of nitrogens with zero attached hydrogens (tertiary/aromatic N) is 2. The molecule has 2 aromatic heterocycles. The molecule has 1 aromatic carbocycles. The first-order valence-corrected chi connectivity index (χ1v) is 9.05. The molecule has 0 unspecified atom stereocenters. The lowest BCUT2D eigenvalue weighted by Gasteiger charge is -2.12. The van der Waals surface area contributed by atoms with Crippen LogP contribution in [0.4, 0.5) is 19.0 Å². The molecule has 0 aliphatic carbocycles. The molecule has 9 heteroatoms. The van der Waals surface area contributed by atoms with Gasteiger partial charge in [-0.3, -0.25) is 14.0 Å². The van der Waals surface area contributed by atoms with Gasteiger partial charge in [-0.2, -0.15) is 13.2 Å². The molecule has 0 spiro atoms. The minimum absolute atomic E-state index is 0.0505. The van der Waals surface area contributed by atoms with Crippen LogP contribution < -0.4 is 10.6 Å².